The molecule has 0 saturated heterocycles. The summed E-state index contributed by atoms with van der Waals surface area (Å²) in [4.78, 5) is 0. The van der Waals surface area contributed by atoms with Crippen molar-refractivity contribution in [3.8, 4) is 0 Å². The van der Waals surface area contributed by atoms with E-state index in [0.29, 0.717) is 0 Å². The van der Waals surface area contributed by atoms with E-state index in [1.807, 2.05) is 0 Å². The van der Waals surface area contributed by atoms with Crippen LogP contribution in [0.25, 0.3) is 12.3 Å². The van der Waals surface area contributed by atoms with Crippen molar-refractivity contribution in [2.75, 3.05) is 0 Å². The maximum absolute atomic E-state index is 0. The molecule has 0 rings (SSSR count). The Hall–Kier alpha value is 1.28. The fourth-order valence-corrected chi connectivity index (χ4v) is 0. The van der Waals surface area contributed by atoms with Crippen LogP contribution in [0, 0.1) is 0 Å². The molecule has 18 valence electrons. The minimum absolute atomic E-state index is 0. The number of rotatable bonds is 0. The van der Waals surface area contributed by atoms with Crippen molar-refractivity contribution in [1.82, 2.24) is 0 Å². The van der Waals surface area contributed by atoms with Gasteiger partial charge in [0.1, 0.15) is 0 Å². The van der Waals surface area contributed by atoms with Crippen LogP contribution in [0.15, 0.2) is 0 Å². The molecule has 0 aromatic rings. The summed E-state index contributed by atoms with van der Waals surface area (Å²) in [5.41, 5.74) is 0. The second-order valence-corrected chi connectivity index (χ2v) is 0. The molecule has 2 nitrogen and oxygen atoms in total. The maximum atomic E-state index is 0. The zero-order valence-corrected chi connectivity index (χ0v) is 4.28. The monoisotopic (exact) mass is 64.0 g/mol. The minimum Gasteiger partial charge on any atom is -1.00 e. The molecule has 0 amide bonds. The first-order valence-corrected chi connectivity index (χ1v) is 0. The van der Waals surface area contributed by atoms with Gasteiger partial charge in [-0.3, -0.25) is 0 Å². The third kappa shape index (κ3) is 10.4. The van der Waals surface area contributed by atoms with E-state index < -0.39 is 0 Å². The maximum Gasteiger partial charge on any atom is 2.00 e. The van der Waals surface area contributed by atoms with Gasteiger partial charge in [0, 0.05) is 0 Å². The van der Waals surface area contributed by atoms with Crippen LogP contribution in [0.5, 0.6) is 0 Å². The SMILES string of the molecule is [H-].[Li+].[Mg+2].[NH2-].[NH2-]. The summed E-state index contributed by atoms with van der Waals surface area (Å²) < 4.78 is 0. The minimum atomic E-state index is 0. The summed E-state index contributed by atoms with van der Waals surface area (Å²) in [6.45, 7) is 0. The van der Waals surface area contributed by atoms with E-state index >= 15 is 0 Å². The van der Waals surface area contributed by atoms with Crippen LogP contribution < -0.4 is 18.9 Å². The van der Waals surface area contributed by atoms with Gasteiger partial charge in [0.15, 0.2) is 0 Å². The van der Waals surface area contributed by atoms with Crippen LogP contribution in [0.2, 0.25) is 0 Å². The smallest absolute Gasteiger partial charge is 1.00 e. The Morgan fingerprint density at radius 1 is 1.00 bits per heavy atom. The second-order valence-electron chi connectivity index (χ2n) is 0. The zero-order chi connectivity index (χ0) is 0. The van der Waals surface area contributed by atoms with Crippen molar-refractivity contribution < 1.29 is 20.3 Å². The van der Waals surface area contributed by atoms with Crippen LogP contribution in [-0.2, 0) is 0 Å². The molecule has 0 spiro atoms. The van der Waals surface area contributed by atoms with Crippen LogP contribution in [0.4, 0.5) is 0 Å². The van der Waals surface area contributed by atoms with Crippen molar-refractivity contribution in [3.63, 3.8) is 0 Å². The van der Waals surface area contributed by atoms with Gasteiger partial charge in [-0.15, -0.1) is 0 Å². The van der Waals surface area contributed by atoms with E-state index in [-0.39, 0.29) is 55.6 Å². The average molecular weight is 64.3 g/mol. The van der Waals surface area contributed by atoms with Gasteiger partial charge in [-0.2, -0.15) is 0 Å². The first-order valence-electron chi connectivity index (χ1n) is 0. The Labute approximate surface area is 55.7 Å². The quantitative estimate of drug-likeness (QED) is 0.297. The Kier molecular flexibility index (Phi) is 412. The molecular formula is H5LiMgN2. The average Bonchev–Trinajstić information content (AvgIpc) is 0. The number of nitrogens with two attached hydrogens (primary N) is 2. The molecular weight excluding hydrogens is 59.3 g/mol. The molecule has 0 aliphatic heterocycles. The molecule has 0 aliphatic carbocycles. The van der Waals surface area contributed by atoms with Crippen LogP contribution in [0.1, 0.15) is 1.43 Å². The predicted octanol–water partition coefficient (Wildman–Crippen LogP) is -1.83. The summed E-state index contributed by atoms with van der Waals surface area (Å²) in [6, 6.07) is 0. The molecule has 4 heteroatoms. The van der Waals surface area contributed by atoms with Crippen molar-refractivity contribution >= 4 is 23.1 Å². The number of hydrogen-bond donors (Lipinski definition) is 0. The molecule has 0 atom stereocenters. The van der Waals surface area contributed by atoms with Gasteiger partial charge in [0.2, 0.25) is 0 Å². The van der Waals surface area contributed by atoms with Crippen molar-refractivity contribution in [2.24, 2.45) is 0 Å². The van der Waals surface area contributed by atoms with Gasteiger partial charge in [0.25, 0.3) is 0 Å². The first-order chi connectivity index (χ1) is 0. The molecule has 0 aromatic carbocycles. The molecule has 0 saturated carbocycles. The third-order valence-corrected chi connectivity index (χ3v) is 0. The summed E-state index contributed by atoms with van der Waals surface area (Å²) in [7, 11) is 0. The predicted molar refractivity (Wildman–Crippen MR) is 17.4 cm³/mol. The summed E-state index contributed by atoms with van der Waals surface area (Å²) >= 11 is 0. The summed E-state index contributed by atoms with van der Waals surface area (Å²) in [5.74, 6) is 0. The topological polar surface area (TPSA) is 67.0 Å². The Bertz CT molecular complexity index is 9.61. The molecule has 0 aromatic heterocycles. The van der Waals surface area contributed by atoms with Gasteiger partial charge < -0.3 is 13.7 Å². The van der Waals surface area contributed by atoms with E-state index in [1.54, 1.807) is 0 Å². The first kappa shape index (κ1) is 58.8. The van der Waals surface area contributed by atoms with E-state index in [9.17, 15) is 0 Å². The summed E-state index contributed by atoms with van der Waals surface area (Å²) in [6.07, 6.45) is 0. The van der Waals surface area contributed by atoms with Crippen LogP contribution in [0.3, 0.4) is 0 Å². The van der Waals surface area contributed by atoms with Crippen LogP contribution >= 0.6 is 0 Å². The Morgan fingerprint density at radius 3 is 1.00 bits per heavy atom. The van der Waals surface area contributed by atoms with Crippen molar-refractivity contribution in [1.29, 1.82) is 0 Å². The number of hydrogen-bond acceptors (Lipinski definition) is 0. The zero-order valence-electron chi connectivity index (χ0n) is 3.86. The van der Waals surface area contributed by atoms with E-state index in [4.69, 9.17) is 0 Å². The molecule has 0 aliphatic rings. The van der Waals surface area contributed by atoms with Gasteiger partial charge in [-0.1, -0.05) is 0 Å². The second kappa shape index (κ2) is 28.0. The Morgan fingerprint density at radius 2 is 1.00 bits per heavy atom. The van der Waals surface area contributed by atoms with Gasteiger partial charge in [-0.25, -0.2) is 0 Å². The molecule has 0 unspecified atom stereocenters. The molecule has 4 heavy (non-hydrogen) atoms. The van der Waals surface area contributed by atoms with Gasteiger partial charge >= 0.3 is 41.9 Å². The fourth-order valence-electron chi connectivity index (χ4n) is 0. The van der Waals surface area contributed by atoms with Crippen molar-refractivity contribution in [2.45, 2.75) is 0 Å². The molecule has 4 N–H and O–H groups in total. The van der Waals surface area contributed by atoms with E-state index in [2.05, 4.69) is 0 Å². The molecule has 0 heterocycles. The Balaban J connectivity index is 0. The van der Waals surface area contributed by atoms with E-state index in [1.165, 1.54) is 0 Å². The summed E-state index contributed by atoms with van der Waals surface area (Å²) in [5, 5.41) is 0. The van der Waals surface area contributed by atoms with Gasteiger partial charge in [-0.05, 0) is 0 Å². The third-order valence-electron chi connectivity index (χ3n) is 0. The molecule has 0 fully saturated rings. The standard InChI is InChI=1S/Li.Mg.2H2N.H/h;;2*1H2;/q+1;+2;3*-1. The molecule has 0 radical (unpaired) electrons. The largest absolute Gasteiger partial charge is 2.00 e. The van der Waals surface area contributed by atoms with Crippen LogP contribution in [-0.4, -0.2) is 23.1 Å². The van der Waals surface area contributed by atoms with Gasteiger partial charge in [0.05, 0.1) is 0 Å². The normalized spacial score (nSPS) is 0. The fraction of sp³-hybridized carbons (Fsp3) is 0. The molecule has 0 bridgehead atoms. The van der Waals surface area contributed by atoms with Crippen molar-refractivity contribution in [3.05, 3.63) is 12.3 Å². The van der Waals surface area contributed by atoms with E-state index in [0.717, 1.165) is 0 Å².